The molecule has 3 N–H and O–H groups in total. The zero-order valence-corrected chi connectivity index (χ0v) is 15.5. The number of fused-ring (bicyclic) bond motifs is 1. The highest BCUT2D eigenvalue weighted by atomic mass is 16.6. The van der Waals surface area contributed by atoms with Crippen LogP contribution in [0.25, 0.3) is 11.0 Å². The number of rotatable bonds is 5. The molecule has 0 aliphatic carbocycles. The summed E-state index contributed by atoms with van der Waals surface area (Å²) in [5, 5.41) is 16.0. The Morgan fingerprint density at radius 3 is 2.40 bits per heavy atom. The minimum atomic E-state index is -0.691. The Kier molecular flexibility index (Phi) is 4.92. The van der Waals surface area contributed by atoms with Gasteiger partial charge in [0.05, 0.1) is 16.0 Å². The fourth-order valence-electron chi connectivity index (χ4n) is 2.97. The van der Waals surface area contributed by atoms with E-state index in [1.807, 2.05) is 6.07 Å². The first-order valence-corrected chi connectivity index (χ1v) is 8.92. The van der Waals surface area contributed by atoms with E-state index >= 15 is 0 Å². The molecule has 0 saturated heterocycles. The molecule has 1 heterocycles. The number of nitrogens with zero attached hydrogens (tertiary/aromatic N) is 2. The fraction of sp³-hybridized carbons (Fsp3) is 0. The summed E-state index contributed by atoms with van der Waals surface area (Å²) in [6.07, 6.45) is 0. The highest BCUT2D eigenvalue weighted by Crippen LogP contribution is 2.23. The Bertz CT molecular complexity index is 1270. The molecule has 0 fully saturated rings. The topological polar surface area (TPSA) is 130 Å². The van der Waals surface area contributed by atoms with Crippen LogP contribution in [0.15, 0.2) is 72.8 Å². The third-order valence-corrected chi connectivity index (χ3v) is 4.36. The van der Waals surface area contributed by atoms with Gasteiger partial charge in [0.1, 0.15) is 5.69 Å². The number of nitrogens with one attached hydrogen (secondary N) is 3. The number of hydrogen-bond donors (Lipinski definition) is 3. The molecule has 0 aliphatic heterocycles. The van der Waals surface area contributed by atoms with Crippen molar-refractivity contribution in [1.29, 1.82) is 0 Å². The van der Waals surface area contributed by atoms with Crippen LogP contribution in [0.5, 0.6) is 0 Å². The molecule has 148 valence electrons. The number of nitro benzene ring substituents is 1. The molecule has 2 amide bonds. The van der Waals surface area contributed by atoms with E-state index in [0.717, 1.165) is 0 Å². The van der Waals surface area contributed by atoms with E-state index < -0.39 is 11.0 Å². The van der Waals surface area contributed by atoms with Gasteiger partial charge in [-0.15, -0.1) is 0 Å². The predicted molar refractivity (Wildman–Crippen MR) is 112 cm³/mol. The molecule has 4 aromatic rings. The van der Waals surface area contributed by atoms with E-state index in [0.29, 0.717) is 22.2 Å². The van der Waals surface area contributed by atoms with Gasteiger partial charge in [-0.1, -0.05) is 42.5 Å². The molecule has 30 heavy (non-hydrogen) atoms. The number of aromatic nitrogens is 2. The number of amides is 2. The van der Waals surface area contributed by atoms with Gasteiger partial charge in [0.15, 0.2) is 5.78 Å². The van der Waals surface area contributed by atoms with Crippen molar-refractivity contribution in [3.63, 3.8) is 0 Å². The summed E-state index contributed by atoms with van der Waals surface area (Å²) in [5.41, 5.74) is 2.01. The number of para-hydroxylation sites is 2. The van der Waals surface area contributed by atoms with Crippen molar-refractivity contribution in [2.75, 3.05) is 10.6 Å². The normalized spacial score (nSPS) is 10.5. The number of imidazole rings is 1. The van der Waals surface area contributed by atoms with E-state index in [2.05, 4.69) is 20.6 Å². The van der Waals surface area contributed by atoms with E-state index in [4.69, 9.17) is 0 Å². The quantitative estimate of drug-likeness (QED) is 0.260. The van der Waals surface area contributed by atoms with Gasteiger partial charge < -0.3 is 10.3 Å². The van der Waals surface area contributed by atoms with Gasteiger partial charge in [0.25, 0.3) is 5.69 Å². The van der Waals surface area contributed by atoms with E-state index in [9.17, 15) is 19.7 Å². The van der Waals surface area contributed by atoms with Crippen molar-refractivity contribution >= 4 is 40.2 Å². The molecule has 0 radical (unpaired) electrons. The van der Waals surface area contributed by atoms with Crippen LogP contribution < -0.4 is 10.6 Å². The van der Waals surface area contributed by atoms with Crippen LogP contribution >= 0.6 is 0 Å². The highest BCUT2D eigenvalue weighted by molar-refractivity contribution is 6.10. The Labute approximate surface area is 169 Å². The summed E-state index contributed by atoms with van der Waals surface area (Å²) in [7, 11) is 0. The number of urea groups is 1. The molecule has 9 heteroatoms. The monoisotopic (exact) mass is 401 g/mol. The van der Waals surface area contributed by atoms with Crippen molar-refractivity contribution in [1.82, 2.24) is 9.97 Å². The summed E-state index contributed by atoms with van der Waals surface area (Å²) >= 11 is 0. The molecule has 0 atom stereocenters. The first-order chi connectivity index (χ1) is 14.5. The lowest BCUT2D eigenvalue weighted by Crippen LogP contribution is -2.20. The third-order valence-electron chi connectivity index (χ3n) is 4.36. The molecular formula is C21H15N5O4. The SMILES string of the molecule is O=C(Nc1nc2ccc(C(=O)c3ccccc3)cc2[nH]1)Nc1ccccc1[N+](=O)[O-]. The number of nitro groups is 1. The second-order valence-electron chi connectivity index (χ2n) is 6.37. The van der Waals surface area contributed by atoms with Crippen LogP contribution in [0.4, 0.5) is 22.1 Å². The lowest BCUT2D eigenvalue weighted by atomic mass is 10.0. The van der Waals surface area contributed by atoms with Crippen molar-refractivity contribution < 1.29 is 14.5 Å². The molecule has 1 aromatic heterocycles. The van der Waals surface area contributed by atoms with Gasteiger partial charge in [0.2, 0.25) is 5.95 Å². The van der Waals surface area contributed by atoms with Crippen LogP contribution in [-0.4, -0.2) is 26.7 Å². The van der Waals surface area contributed by atoms with Crippen molar-refractivity contribution in [2.45, 2.75) is 0 Å². The molecule has 0 unspecified atom stereocenters. The number of benzene rings is 3. The molecule has 0 spiro atoms. The number of carbonyl (C=O) groups is 2. The van der Waals surface area contributed by atoms with Gasteiger partial charge in [0, 0.05) is 17.2 Å². The Hall–Kier alpha value is -4.53. The van der Waals surface area contributed by atoms with Crippen molar-refractivity contribution in [3.8, 4) is 0 Å². The maximum absolute atomic E-state index is 12.6. The van der Waals surface area contributed by atoms with Crippen LogP contribution in [0.1, 0.15) is 15.9 Å². The number of ketones is 1. The number of anilines is 2. The van der Waals surface area contributed by atoms with Crippen LogP contribution in [0.3, 0.4) is 0 Å². The van der Waals surface area contributed by atoms with Crippen molar-refractivity contribution in [3.05, 3.63) is 94.0 Å². The Morgan fingerprint density at radius 1 is 0.900 bits per heavy atom. The van der Waals surface area contributed by atoms with Crippen LogP contribution in [0.2, 0.25) is 0 Å². The van der Waals surface area contributed by atoms with E-state index in [-0.39, 0.29) is 23.1 Å². The summed E-state index contributed by atoms with van der Waals surface area (Å²) < 4.78 is 0. The van der Waals surface area contributed by atoms with Gasteiger partial charge in [-0.2, -0.15) is 0 Å². The maximum atomic E-state index is 12.6. The molecule has 0 bridgehead atoms. The Morgan fingerprint density at radius 2 is 1.63 bits per heavy atom. The second kappa shape index (κ2) is 7.84. The molecule has 0 saturated carbocycles. The molecular weight excluding hydrogens is 386 g/mol. The minimum absolute atomic E-state index is 0.0619. The van der Waals surface area contributed by atoms with Crippen molar-refractivity contribution in [2.24, 2.45) is 0 Å². The largest absolute Gasteiger partial charge is 0.326 e. The lowest BCUT2D eigenvalue weighted by Gasteiger charge is -2.05. The van der Waals surface area contributed by atoms with Gasteiger partial charge in [-0.3, -0.25) is 20.2 Å². The average molecular weight is 401 g/mol. The first kappa shape index (κ1) is 18.8. The maximum Gasteiger partial charge on any atom is 0.326 e. The molecule has 9 nitrogen and oxygen atoms in total. The number of H-pyrrole nitrogens is 1. The molecule has 4 rings (SSSR count). The van der Waals surface area contributed by atoms with E-state index in [1.54, 1.807) is 48.5 Å². The van der Waals surface area contributed by atoms with E-state index in [1.165, 1.54) is 18.2 Å². The summed E-state index contributed by atoms with van der Waals surface area (Å²) in [5.74, 6) is 0.0149. The minimum Gasteiger partial charge on any atom is -0.324 e. The van der Waals surface area contributed by atoms with Crippen LogP contribution in [0, 0.1) is 10.1 Å². The molecule has 3 aromatic carbocycles. The zero-order chi connectivity index (χ0) is 21.1. The highest BCUT2D eigenvalue weighted by Gasteiger charge is 2.16. The number of aromatic amines is 1. The molecule has 0 aliphatic rings. The lowest BCUT2D eigenvalue weighted by molar-refractivity contribution is -0.383. The number of hydrogen-bond acceptors (Lipinski definition) is 5. The fourth-order valence-corrected chi connectivity index (χ4v) is 2.97. The Balaban J connectivity index is 1.52. The van der Waals surface area contributed by atoms with Gasteiger partial charge >= 0.3 is 6.03 Å². The average Bonchev–Trinajstić information content (AvgIpc) is 3.15. The second-order valence-corrected chi connectivity index (χ2v) is 6.37. The predicted octanol–water partition coefficient (Wildman–Crippen LogP) is 4.35. The smallest absolute Gasteiger partial charge is 0.324 e. The van der Waals surface area contributed by atoms with Gasteiger partial charge in [-0.25, -0.2) is 9.78 Å². The summed E-state index contributed by atoms with van der Waals surface area (Å²) in [6.45, 7) is 0. The number of carbonyl (C=O) groups excluding carboxylic acids is 2. The summed E-state index contributed by atoms with van der Waals surface area (Å²) in [6, 6.07) is 19.0. The third kappa shape index (κ3) is 3.85. The standard InChI is InChI=1S/C21H15N5O4/c27-19(13-6-2-1-3-7-13)14-10-11-15-17(12-14)23-20(22-15)25-21(28)24-16-8-4-5-9-18(16)26(29)30/h1-12H,(H3,22,23,24,25,28). The zero-order valence-electron chi connectivity index (χ0n) is 15.5. The first-order valence-electron chi connectivity index (χ1n) is 8.92. The van der Waals surface area contributed by atoms with Crippen LogP contribution in [-0.2, 0) is 0 Å². The summed E-state index contributed by atoms with van der Waals surface area (Å²) in [4.78, 5) is 42.5. The van der Waals surface area contributed by atoms with Gasteiger partial charge in [-0.05, 0) is 24.3 Å².